The topological polar surface area (TPSA) is 52.6 Å². The van der Waals surface area contributed by atoms with Gasteiger partial charge in [-0.25, -0.2) is 9.59 Å². The van der Waals surface area contributed by atoms with Gasteiger partial charge in [0.25, 0.3) is 0 Å². The Morgan fingerprint density at radius 2 is 1.71 bits per heavy atom. The molecule has 0 aliphatic heterocycles. The minimum absolute atomic E-state index is 0.262. The molecule has 0 spiro atoms. The third-order valence-corrected chi connectivity index (χ3v) is 4.70. The molecule has 4 nitrogen and oxygen atoms in total. The third-order valence-electron chi connectivity index (χ3n) is 3.57. The number of carbonyl (C=O) groups excluding carboxylic acids is 2. The third kappa shape index (κ3) is 3.03. The van der Waals surface area contributed by atoms with Crippen LogP contribution in [0.5, 0.6) is 5.75 Å². The number of benzene rings is 2. The van der Waals surface area contributed by atoms with Crippen molar-refractivity contribution in [2.75, 3.05) is 6.61 Å². The van der Waals surface area contributed by atoms with Crippen molar-refractivity contribution in [3.8, 4) is 5.75 Å². The second-order valence-electron chi connectivity index (χ2n) is 5.18. The van der Waals surface area contributed by atoms with Crippen LogP contribution < -0.4 is 4.74 Å². The van der Waals surface area contributed by atoms with Crippen LogP contribution in [0, 0.1) is 6.92 Å². The monoisotopic (exact) mass is 340 g/mol. The quantitative estimate of drug-likeness (QED) is 0.651. The Kier molecular flexibility index (Phi) is 4.62. The van der Waals surface area contributed by atoms with Crippen LogP contribution in [-0.2, 0) is 4.74 Å². The average Bonchev–Trinajstić information content (AvgIpc) is 2.94. The first-order chi connectivity index (χ1) is 11.6. The summed E-state index contributed by atoms with van der Waals surface area (Å²) in [5.74, 6) is -0.698. The molecule has 3 rings (SSSR count). The van der Waals surface area contributed by atoms with Gasteiger partial charge in [-0.1, -0.05) is 30.3 Å². The molecule has 3 aromatic rings. The zero-order valence-corrected chi connectivity index (χ0v) is 14.2. The number of thiophene rings is 1. The normalized spacial score (nSPS) is 10.6. The molecule has 0 aliphatic carbocycles. The van der Waals surface area contributed by atoms with E-state index in [1.807, 2.05) is 43.3 Å². The van der Waals surface area contributed by atoms with Gasteiger partial charge in [-0.2, -0.15) is 0 Å². The fourth-order valence-electron chi connectivity index (χ4n) is 2.40. The number of esters is 2. The van der Waals surface area contributed by atoms with E-state index in [1.165, 1.54) is 11.3 Å². The Morgan fingerprint density at radius 1 is 1.00 bits per heavy atom. The SMILES string of the molecule is CCOC(=O)c1sc2ccccc2c1OC(=O)c1ccccc1C. The Balaban J connectivity index is 2.04. The average molecular weight is 340 g/mol. The smallest absolute Gasteiger partial charge is 0.352 e. The van der Waals surface area contributed by atoms with E-state index in [4.69, 9.17) is 9.47 Å². The Bertz CT molecular complexity index is 911. The van der Waals surface area contributed by atoms with Gasteiger partial charge in [0, 0.05) is 10.1 Å². The van der Waals surface area contributed by atoms with Crippen LogP contribution in [0.1, 0.15) is 32.5 Å². The van der Waals surface area contributed by atoms with Crippen LogP contribution in [0.4, 0.5) is 0 Å². The molecule has 0 saturated carbocycles. The van der Waals surface area contributed by atoms with E-state index in [-0.39, 0.29) is 12.4 Å². The molecule has 0 radical (unpaired) electrons. The Morgan fingerprint density at radius 3 is 2.46 bits per heavy atom. The van der Waals surface area contributed by atoms with Crippen molar-refractivity contribution in [2.24, 2.45) is 0 Å². The summed E-state index contributed by atoms with van der Waals surface area (Å²) in [4.78, 5) is 25.1. The van der Waals surface area contributed by atoms with E-state index in [2.05, 4.69) is 0 Å². The molecule has 1 heterocycles. The van der Waals surface area contributed by atoms with Crippen LogP contribution >= 0.6 is 11.3 Å². The highest BCUT2D eigenvalue weighted by Crippen LogP contribution is 2.38. The fraction of sp³-hybridized carbons (Fsp3) is 0.158. The first-order valence-electron chi connectivity index (χ1n) is 7.58. The summed E-state index contributed by atoms with van der Waals surface area (Å²) in [5.41, 5.74) is 1.29. The van der Waals surface area contributed by atoms with E-state index in [1.54, 1.807) is 19.1 Å². The lowest BCUT2D eigenvalue weighted by Crippen LogP contribution is -2.12. The standard InChI is InChI=1S/C19H16O4S/c1-3-22-19(21)17-16(14-10-6-7-11-15(14)24-17)23-18(20)13-9-5-4-8-12(13)2/h4-11H,3H2,1-2H3. The van der Waals surface area contributed by atoms with Gasteiger partial charge in [0.1, 0.15) is 0 Å². The number of ether oxygens (including phenoxy) is 2. The zero-order chi connectivity index (χ0) is 17.1. The number of aryl methyl sites for hydroxylation is 1. The molecule has 0 amide bonds. The number of rotatable bonds is 4. The maximum absolute atomic E-state index is 12.5. The highest BCUT2D eigenvalue weighted by atomic mass is 32.1. The van der Waals surface area contributed by atoms with Crippen LogP contribution in [0.15, 0.2) is 48.5 Å². The molecular formula is C19H16O4S. The van der Waals surface area contributed by atoms with Crippen molar-refractivity contribution in [2.45, 2.75) is 13.8 Å². The predicted octanol–water partition coefficient (Wildman–Crippen LogP) is 4.61. The maximum atomic E-state index is 12.5. The lowest BCUT2D eigenvalue weighted by Gasteiger charge is -2.08. The molecular weight excluding hydrogens is 324 g/mol. The minimum Gasteiger partial charge on any atom is -0.462 e. The summed E-state index contributed by atoms with van der Waals surface area (Å²) in [6.45, 7) is 3.84. The van der Waals surface area contributed by atoms with E-state index in [9.17, 15) is 9.59 Å². The summed E-state index contributed by atoms with van der Waals surface area (Å²) < 4.78 is 11.6. The second-order valence-corrected chi connectivity index (χ2v) is 6.23. The molecule has 122 valence electrons. The molecule has 5 heteroatoms. The lowest BCUT2D eigenvalue weighted by atomic mass is 10.1. The van der Waals surface area contributed by atoms with E-state index in [0.717, 1.165) is 15.6 Å². The van der Waals surface area contributed by atoms with Crippen molar-refractivity contribution in [3.05, 3.63) is 64.5 Å². The predicted molar refractivity (Wildman–Crippen MR) is 93.9 cm³/mol. The summed E-state index contributed by atoms with van der Waals surface area (Å²) >= 11 is 1.26. The van der Waals surface area contributed by atoms with Crippen molar-refractivity contribution in [1.29, 1.82) is 0 Å². The molecule has 2 aromatic carbocycles. The number of carbonyl (C=O) groups is 2. The maximum Gasteiger partial charge on any atom is 0.352 e. The summed E-state index contributed by atoms with van der Waals surface area (Å²) in [6.07, 6.45) is 0. The molecule has 0 atom stereocenters. The molecule has 1 aromatic heterocycles. The van der Waals surface area contributed by atoms with Crippen molar-refractivity contribution in [1.82, 2.24) is 0 Å². The van der Waals surface area contributed by atoms with E-state index in [0.29, 0.717) is 10.4 Å². The zero-order valence-electron chi connectivity index (χ0n) is 13.4. The van der Waals surface area contributed by atoms with Gasteiger partial charge in [0.15, 0.2) is 10.6 Å². The van der Waals surface area contributed by atoms with Crippen LogP contribution in [-0.4, -0.2) is 18.5 Å². The molecule has 0 bridgehead atoms. The molecule has 0 N–H and O–H groups in total. The Hall–Kier alpha value is -2.66. The van der Waals surface area contributed by atoms with Gasteiger partial charge in [-0.05, 0) is 37.6 Å². The summed E-state index contributed by atoms with van der Waals surface area (Å²) in [6, 6.07) is 14.6. The largest absolute Gasteiger partial charge is 0.462 e. The first kappa shape index (κ1) is 16.2. The van der Waals surface area contributed by atoms with Crippen LogP contribution in [0.2, 0.25) is 0 Å². The van der Waals surface area contributed by atoms with Crippen molar-refractivity contribution in [3.63, 3.8) is 0 Å². The van der Waals surface area contributed by atoms with Crippen LogP contribution in [0.25, 0.3) is 10.1 Å². The van der Waals surface area contributed by atoms with Crippen molar-refractivity contribution >= 4 is 33.4 Å². The second kappa shape index (κ2) is 6.84. The van der Waals surface area contributed by atoms with Gasteiger partial charge in [-0.15, -0.1) is 11.3 Å². The lowest BCUT2D eigenvalue weighted by molar-refractivity contribution is 0.0527. The fourth-order valence-corrected chi connectivity index (χ4v) is 3.43. The Labute approximate surface area is 143 Å². The van der Waals surface area contributed by atoms with Gasteiger partial charge in [-0.3, -0.25) is 0 Å². The summed E-state index contributed by atoms with van der Waals surface area (Å²) in [5, 5.41) is 0.729. The molecule has 0 saturated heterocycles. The molecule has 0 fully saturated rings. The number of hydrogen-bond donors (Lipinski definition) is 0. The molecule has 0 aliphatic rings. The highest BCUT2D eigenvalue weighted by Gasteiger charge is 2.24. The van der Waals surface area contributed by atoms with Gasteiger partial charge in [0.05, 0.1) is 12.2 Å². The molecule has 24 heavy (non-hydrogen) atoms. The number of hydrogen-bond acceptors (Lipinski definition) is 5. The first-order valence-corrected chi connectivity index (χ1v) is 8.40. The summed E-state index contributed by atoms with van der Waals surface area (Å²) in [7, 11) is 0. The van der Waals surface area contributed by atoms with E-state index >= 15 is 0 Å². The van der Waals surface area contributed by atoms with E-state index < -0.39 is 11.9 Å². The van der Waals surface area contributed by atoms with Crippen molar-refractivity contribution < 1.29 is 19.1 Å². The van der Waals surface area contributed by atoms with Gasteiger partial charge in [0.2, 0.25) is 0 Å². The van der Waals surface area contributed by atoms with Crippen LogP contribution in [0.3, 0.4) is 0 Å². The van der Waals surface area contributed by atoms with Gasteiger partial charge >= 0.3 is 11.9 Å². The van der Waals surface area contributed by atoms with Gasteiger partial charge < -0.3 is 9.47 Å². The highest BCUT2D eigenvalue weighted by molar-refractivity contribution is 7.21. The molecule has 0 unspecified atom stereocenters. The number of fused-ring (bicyclic) bond motifs is 1. The minimum atomic E-state index is -0.484.